The highest BCUT2D eigenvalue weighted by Gasteiger charge is 2.29. The van der Waals surface area contributed by atoms with Crippen LogP contribution < -0.4 is 9.47 Å². The smallest absolute Gasteiger partial charge is 0.297 e. The van der Waals surface area contributed by atoms with E-state index in [9.17, 15) is 8.42 Å². The molecule has 1 aliphatic heterocycles. The number of rotatable bonds is 4. The number of methoxy groups -OCH3 is 1. The van der Waals surface area contributed by atoms with Gasteiger partial charge in [0.05, 0.1) is 14.2 Å². The van der Waals surface area contributed by atoms with Crippen molar-refractivity contribution in [3.8, 4) is 11.5 Å². The molecule has 6 heteroatoms. The van der Waals surface area contributed by atoms with Crippen LogP contribution in [0, 0.1) is 6.92 Å². The number of ether oxygens (including phenoxy) is 2. The van der Waals surface area contributed by atoms with E-state index in [1.165, 1.54) is 7.11 Å². The lowest BCUT2D eigenvalue weighted by Gasteiger charge is -2.28. The van der Waals surface area contributed by atoms with Gasteiger partial charge in [0.25, 0.3) is 10.1 Å². The highest BCUT2D eigenvalue weighted by atomic mass is 32.2. The number of hydrogen-bond donors (Lipinski definition) is 0. The van der Waals surface area contributed by atoms with Crippen LogP contribution in [0.4, 0.5) is 0 Å². The van der Waals surface area contributed by atoms with Crippen molar-refractivity contribution in [2.75, 3.05) is 14.2 Å². The molecule has 0 saturated carbocycles. The molecule has 5 nitrogen and oxygen atoms in total. The number of benzene rings is 2. The summed E-state index contributed by atoms with van der Waals surface area (Å²) < 4.78 is 40.7. The highest BCUT2D eigenvalue weighted by molar-refractivity contribution is 7.86. The van der Waals surface area contributed by atoms with E-state index in [1.54, 1.807) is 19.2 Å². The Balaban J connectivity index is 2.06. The van der Waals surface area contributed by atoms with E-state index in [1.807, 2.05) is 31.2 Å². The molecular formula is C18H20O5S. The van der Waals surface area contributed by atoms with Crippen molar-refractivity contribution >= 4 is 10.1 Å². The maximum atomic E-state index is 12.2. The fourth-order valence-corrected chi connectivity index (χ4v) is 3.89. The van der Waals surface area contributed by atoms with Crippen molar-refractivity contribution in [3.63, 3.8) is 0 Å². The van der Waals surface area contributed by atoms with Gasteiger partial charge in [-0.3, -0.25) is 4.18 Å². The molecule has 3 rings (SSSR count). The molecule has 0 fully saturated rings. The summed E-state index contributed by atoms with van der Waals surface area (Å²) in [7, 11) is -1.04. The molecule has 0 aromatic heterocycles. The molecule has 0 N–H and O–H groups in total. The first-order valence-corrected chi connectivity index (χ1v) is 9.11. The average Bonchev–Trinajstić information content (AvgIpc) is 2.60. The third kappa shape index (κ3) is 2.99. The maximum absolute atomic E-state index is 12.2. The average molecular weight is 348 g/mol. The van der Waals surface area contributed by atoms with E-state index in [2.05, 4.69) is 0 Å². The van der Waals surface area contributed by atoms with Crippen molar-refractivity contribution < 1.29 is 22.1 Å². The van der Waals surface area contributed by atoms with Gasteiger partial charge in [0.2, 0.25) is 0 Å². The van der Waals surface area contributed by atoms with Crippen LogP contribution >= 0.6 is 0 Å². The summed E-state index contributed by atoms with van der Waals surface area (Å²) in [6.45, 7) is 1.92. The second-order valence-electron chi connectivity index (χ2n) is 5.76. The molecule has 0 aliphatic carbocycles. The van der Waals surface area contributed by atoms with Crippen LogP contribution in [-0.4, -0.2) is 22.6 Å². The zero-order valence-electron chi connectivity index (χ0n) is 13.9. The van der Waals surface area contributed by atoms with Gasteiger partial charge in [0.1, 0.15) is 11.0 Å². The van der Waals surface area contributed by atoms with E-state index in [4.69, 9.17) is 13.7 Å². The number of fused-ring (bicyclic) bond motifs is 1. The van der Waals surface area contributed by atoms with Crippen molar-refractivity contribution in [2.24, 2.45) is 0 Å². The van der Waals surface area contributed by atoms with Gasteiger partial charge in [-0.2, -0.15) is 8.42 Å². The summed E-state index contributed by atoms with van der Waals surface area (Å²) in [5.41, 5.74) is 2.65. The first kappa shape index (κ1) is 16.8. The van der Waals surface area contributed by atoms with Gasteiger partial charge in [0, 0.05) is 5.56 Å². The lowest BCUT2D eigenvalue weighted by Crippen LogP contribution is -2.19. The predicted molar refractivity (Wildman–Crippen MR) is 90.1 cm³/mol. The predicted octanol–water partition coefficient (Wildman–Crippen LogP) is 3.41. The van der Waals surface area contributed by atoms with Crippen molar-refractivity contribution in [1.29, 1.82) is 0 Å². The Labute approximate surface area is 142 Å². The zero-order valence-corrected chi connectivity index (χ0v) is 14.7. The summed E-state index contributed by atoms with van der Waals surface area (Å²) in [6.07, 6.45) is 1.11. The molecule has 0 radical (unpaired) electrons. The van der Waals surface area contributed by atoms with Crippen LogP contribution in [0.3, 0.4) is 0 Å². The summed E-state index contributed by atoms with van der Waals surface area (Å²) in [5, 5.41) is 0. The minimum atomic E-state index is -3.80. The molecule has 1 aliphatic rings. The van der Waals surface area contributed by atoms with E-state index in [-0.39, 0.29) is 11.0 Å². The molecule has 128 valence electrons. The molecule has 0 spiro atoms. The summed E-state index contributed by atoms with van der Waals surface area (Å²) in [4.78, 5) is 0.152. The van der Waals surface area contributed by atoms with Gasteiger partial charge < -0.3 is 9.47 Å². The molecule has 0 bridgehead atoms. The van der Waals surface area contributed by atoms with E-state index in [0.717, 1.165) is 17.5 Å². The largest absolute Gasteiger partial charge is 0.493 e. The van der Waals surface area contributed by atoms with Crippen LogP contribution in [0.1, 0.15) is 29.2 Å². The lowest BCUT2D eigenvalue weighted by atomic mass is 9.96. The van der Waals surface area contributed by atoms with E-state index >= 15 is 0 Å². The fourth-order valence-electron chi connectivity index (χ4n) is 3.00. The van der Waals surface area contributed by atoms with Gasteiger partial charge in [0.15, 0.2) is 11.5 Å². The highest BCUT2D eigenvalue weighted by Crippen LogP contribution is 2.42. The first-order chi connectivity index (χ1) is 11.5. The van der Waals surface area contributed by atoms with E-state index in [0.29, 0.717) is 23.5 Å². The Morgan fingerprint density at radius 1 is 1.17 bits per heavy atom. The molecule has 2 aromatic carbocycles. The monoisotopic (exact) mass is 348 g/mol. The Morgan fingerprint density at radius 3 is 2.67 bits per heavy atom. The minimum absolute atomic E-state index is 0.152. The topological polar surface area (TPSA) is 61.8 Å². The molecule has 0 amide bonds. The van der Waals surface area contributed by atoms with Gasteiger partial charge in [-0.1, -0.05) is 29.8 Å². The number of hydrogen-bond acceptors (Lipinski definition) is 5. The quantitative estimate of drug-likeness (QED) is 0.793. The second kappa shape index (κ2) is 6.45. The van der Waals surface area contributed by atoms with Gasteiger partial charge in [-0.05, 0) is 37.5 Å². The Hall–Kier alpha value is -2.05. The molecule has 2 aromatic rings. The first-order valence-electron chi connectivity index (χ1n) is 7.70. The molecule has 1 atom stereocenters. The summed E-state index contributed by atoms with van der Waals surface area (Å²) in [6, 6.07) is 10.9. The molecular weight excluding hydrogens is 328 g/mol. The number of para-hydroxylation sites is 1. The van der Waals surface area contributed by atoms with Crippen molar-refractivity contribution in [1.82, 2.24) is 0 Å². The number of aryl methyl sites for hydroxylation is 2. The van der Waals surface area contributed by atoms with Crippen LogP contribution in [0.2, 0.25) is 0 Å². The molecule has 1 heterocycles. The van der Waals surface area contributed by atoms with Gasteiger partial charge in [-0.25, -0.2) is 0 Å². The minimum Gasteiger partial charge on any atom is -0.493 e. The van der Waals surface area contributed by atoms with Crippen LogP contribution in [0.25, 0.3) is 0 Å². The van der Waals surface area contributed by atoms with Crippen molar-refractivity contribution in [3.05, 3.63) is 53.1 Å². The normalized spacial score (nSPS) is 17.0. The van der Waals surface area contributed by atoms with Crippen LogP contribution in [0.15, 0.2) is 41.3 Å². The summed E-state index contributed by atoms with van der Waals surface area (Å²) in [5.74, 6) is 1.33. The second-order valence-corrected chi connectivity index (χ2v) is 7.44. The molecule has 0 saturated heterocycles. The SMILES string of the molecule is COc1cccc2c1O[C@@H](c1cc(C)ccc1S(=O)(=O)OC)CC2. The molecule has 24 heavy (non-hydrogen) atoms. The zero-order chi connectivity index (χ0) is 17.3. The van der Waals surface area contributed by atoms with Crippen LogP contribution in [0.5, 0.6) is 11.5 Å². The van der Waals surface area contributed by atoms with Gasteiger partial charge in [-0.15, -0.1) is 0 Å². The van der Waals surface area contributed by atoms with E-state index < -0.39 is 10.1 Å². The summed E-state index contributed by atoms with van der Waals surface area (Å²) >= 11 is 0. The van der Waals surface area contributed by atoms with Crippen molar-refractivity contribution in [2.45, 2.75) is 30.8 Å². The van der Waals surface area contributed by atoms with Gasteiger partial charge >= 0.3 is 0 Å². The Bertz CT molecular complexity index is 843. The fraction of sp³-hybridized carbons (Fsp3) is 0.333. The Morgan fingerprint density at radius 2 is 1.96 bits per heavy atom. The molecule has 0 unspecified atom stereocenters. The standard InChI is InChI=1S/C18H20O5S/c1-12-7-10-17(24(19,20)22-3)14(11-12)15-9-8-13-5-4-6-16(21-2)18(13)23-15/h4-7,10-11,15H,8-9H2,1-3H3/t15-/m1/s1. The Kier molecular flexibility index (Phi) is 4.51. The third-order valence-corrected chi connectivity index (χ3v) is 5.57. The third-order valence-electron chi connectivity index (χ3n) is 4.22. The lowest BCUT2D eigenvalue weighted by molar-refractivity contribution is 0.165. The maximum Gasteiger partial charge on any atom is 0.297 e. The van der Waals surface area contributed by atoms with Crippen LogP contribution in [-0.2, 0) is 20.7 Å².